The van der Waals surface area contributed by atoms with Crippen LogP contribution >= 0.6 is 0 Å². The molecule has 0 aromatic heterocycles. The third kappa shape index (κ3) is 3.94. The second-order valence-corrected chi connectivity index (χ2v) is 4.23. The second kappa shape index (κ2) is 6.17. The molecule has 0 aliphatic carbocycles. The van der Waals surface area contributed by atoms with Crippen molar-refractivity contribution in [2.45, 2.75) is 18.7 Å². The highest BCUT2D eigenvalue weighted by atomic mass is 32.2. The maximum atomic E-state index is 11.6. The van der Waals surface area contributed by atoms with Crippen molar-refractivity contribution in [1.82, 2.24) is 0 Å². The summed E-state index contributed by atoms with van der Waals surface area (Å²) in [6, 6.07) is 7.11. The van der Waals surface area contributed by atoms with Crippen LogP contribution in [0.25, 0.3) is 0 Å². The Morgan fingerprint density at radius 1 is 1.44 bits per heavy atom. The Morgan fingerprint density at radius 3 is 2.62 bits per heavy atom. The molecule has 0 fully saturated rings. The molecule has 0 amide bonds. The number of esters is 1. The number of hydrogen-bond donors (Lipinski definition) is 0. The highest BCUT2D eigenvalue weighted by Crippen LogP contribution is 2.08. The molecule has 1 aromatic rings. The molecule has 0 bridgehead atoms. The Morgan fingerprint density at radius 2 is 2.06 bits per heavy atom. The van der Waals surface area contributed by atoms with Gasteiger partial charge in [-0.25, -0.2) is 9.00 Å². The van der Waals surface area contributed by atoms with Crippen LogP contribution < -0.4 is 0 Å². The van der Waals surface area contributed by atoms with Gasteiger partial charge in [-0.15, -0.1) is 0 Å². The van der Waals surface area contributed by atoms with Gasteiger partial charge in [0.05, 0.1) is 11.5 Å². The van der Waals surface area contributed by atoms with Crippen LogP contribution in [-0.2, 0) is 20.5 Å². The molecule has 1 rings (SSSR count). The summed E-state index contributed by atoms with van der Waals surface area (Å²) in [5.41, 5.74) is 1.08. The van der Waals surface area contributed by atoms with Crippen molar-refractivity contribution in [2.75, 3.05) is 6.61 Å². The van der Waals surface area contributed by atoms with Crippen LogP contribution in [0.3, 0.4) is 0 Å². The van der Waals surface area contributed by atoms with Crippen LogP contribution in [0, 0.1) is 6.92 Å². The third-order valence-electron chi connectivity index (χ3n) is 1.76. The van der Waals surface area contributed by atoms with E-state index < -0.39 is 17.0 Å². The van der Waals surface area contributed by atoms with E-state index in [1.54, 1.807) is 19.1 Å². The summed E-state index contributed by atoms with van der Waals surface area (Å²) in [5.74, 6) is -0.581. The van der Waals surface area contributed by atoms with Crippen LogP contribution in [0.2, 0.25) is 0 Å². The molecule has 0 saturated carbocycles. The lowest BCUT2D eigenvalue weighted by molar-refractivity contribution is -0.134. The summed E-state index contributed by atoms with van der Waals surface area (Å²) in [4.78, 5) is 11.5. The lowest BCUT2D eigenvalue weighted by Gasteiger charge is -1.97. The fraction of sp³-hybridized carbons (Fsp3) is 0.273. The van der Waals surface area contributed by atoms with Crippen LogP contribution in [0.15, 0.2) is 33.6 Å². The van der Waals surface area contributed by atoms with E-state index in [0.29, 0.717) is 4.90 Å². The molecule has 0 N–H and O–H groups in total. The van der Waals surface area contributed by atoms with Gasteiger partial charge in [0, 0.05) is 0 Å². The Labute approximate surface area is 96.9 Å². The number of aryl methyl sites for hydroxylation is 1. The second-order valence-electron chi connectivity index (χ2n) is 3.05. The Balaban J connectivity index is 2.65. The molecular weight excluding hydrogens is 226 g/mol. The molecule has 5 heteroatoms. The molecule has 0 aliphatic rings. The lowest BCUT2D eigenvalue weighted by Crippen LogP contribution is -2.05. The molecule has 0 saturated heterocycles. The van der Waals surface area contributed by atoms with E-state index in [4.69, 9.17) is 0 Å². The molecule has 0 radical (unpaired) electrons. The van der Waals surface area contributed by atoms with Gasteiger partial charge in [0.25, 0.3) is 0 Å². The number of hydrogen-bond acceptors (Lipinski definition) is 3. The van der Waals surface area contributed by atoms with Crippen molar-refractivity contribution in [1.29, 1.82) is 0 Å². The standard InChI is InChI=1S/C11H13NO3S/c1-3-15-11(13)8-12-16(14)10-6-4-9(2)5-7-10/h4-8H,3H2,1-2H3. The molecule has 1 aromatic carbocycles. The minimum Gasteiger partial charge on any atom is -0.462 e. The van der Waals surface area contributed by atoms with E-state index in [1.165, 1.54) is 0 Å². The number of carbonyl (C=O) groups is 1. The monoisotopic (exact) mass is 239 g/mol. The Bertz CT molecular complexity index is 412. The normalized spacial score (nSPS) is 12.6. The summed E-state index contributed by atoms with van der Waals surface area (Å²) in [5, 5.41) is 0. The fourth-order valence-corrected chi connectivity index (χ4v) is 1.66. The van der Waals surface area contributed by atoms with Gasteiger partial charge >= 0.3 is 5.97 Å². The maximum absolute atomic E-state index is 11.6. The SMILES string of the molecule is CCOC(=O)C=NS(=O)c1ccc(C)cc1. The summed E-state index contributed by atoms with van der Waals surface area (Å²) in [7, 11) is -1.55. The average Bonchev–Trinajstić information content (AvgIpc) is 2.27. The van der Waals surface area contributed by atoms with E-state index in [9.17, 15) is 9.00 Å². The zero-order chi connectivity index (χ0) is 12.0. The third-order valence-corrected chi connectivity index (χ3v) is 2.74. The Hall–Kier alpha value is -1.49. The van der Waals surface area contributed by atoms with Gasteiger partial charge in [0.15, 0.2) is 11.0 Å². The minimum absolute atomic E-state index is 0.280. The number of ether oxygens (including phenoxy) is 1. The van der Waals surface area contributed by atoms with Crippen molar-refractivity contribution >= 4 is 23.2 Å². The smallest absolute Gasteiger partial charge is 0.350 e. The first-order chi connectivity index (χ1) is 7.63. The molecule has 0 aliphatic heterocycles. The zero-order valence-electron chi connectivity index (χ0n) is 9.17. The van der Waals surface area contributed by atoms with Crippen LogP contribution in [-0.4, -0.2) is 23.0 Å². The highest BCUT2D eigenvalue weighted by Gasteiger charge is 2.02. The largest absolute Gasteiger partial charge is 0.462 e. The van der Waals surface area contributed by atoms with E-state index >= 15 is 0 Å². The van der Waals surface area contributed by atoms with Crippen molar-refractivity contribution < 1.29 is 13.7 Å². The van der Waals surface area contributed by atoms with Crippen LogP contribution in [0.1, 0.15) is 12.5 Å². The average molecular weight is 239 g/mol. The van der Waals surface area contributed by atoms with Gasteiger partial charge in [-0.1, -0.05) is 17.7 Å². The first-order valence-electron chi connectivity index (χ1n) is 4.83. The van der Waals surface area contributed by atoms with Gasteiger partial charge in [-0.3, -0.25) is 0 Å². The van der Waals surface area contributed by atoms with Gasteiger partial charge in [-0.05, 0) is 26.0 Å². The quantitative estimate of drug-likeness (QED) is 0.593. The number of nitrogens with zero attached hydrogens (tertiary/aromatic N) is 1. The molecule has 1 atom stereocenters. The van der Waals surface area contributed by atoms with E-state index in [-0.39, 0.29) is 6.61 Å². The first-order valence-corrected chi connectivity index (χ1v) is 5.93. The summed E-state index contributed by atoms with van der Waals surface area (Å²) < 4.78 is 19.8. The molecule has 0 spiro atoms. The highest BCUT2D eigenvalue weighted by molar-refractivity contribution is 7.83. The number of carbonyl (C=O) groups excluding carboxylic acids is 1. The fourth-order valence-electron chi connectivity index (χ4n) is 0.986. The van der Waals surface area contributed by atoms with E-state index in [2.05, 4.69) is 9.13 Å². The minimum atomic E-state index is -1.55. The Kier molecular flexibility index (Phi) is 4.85. The topological polar surface area (TPSA) is 55.7 Å². The molecule has 1 unspecified atom stereocenters. The van der Waals surface area contributed by atoms with E-state index in [0.717, 1.165) is 11.8 Å². The summed E-state index contributed by atoms with van der Waals surface area (Å²) in [6.45, 7) is 3.92. The predicted octanol–water partition coefficient (Wildman–Crippen LogP) is 1.65. The van der Waals surface area contributed by atoms with Gasteiger partial charge in [-0.2, -0.15) is 4.40 Å². The maximum Gasteiger partial charge on any atom is 0.350 e. The van der Waals surface area contributed by atoms with Crippen LogP contribution in [0.4, 0.5) is 0 Å². The van der Waals surface area contributed by atoms with Crippen molar-refractivity contribution in [3.8, 4) is 0 Å². The van der Waals surface area contributed by atoms with Gasteiger partial charge < -0.3 is 4.74 Å². The molecule has 0 heterocycles. The first kappa shape index (κ1) is 12.6. The summed E-state index contributed by atoms with van der Waals surface area (Å²) in [6.07, 6.45) is 0.944. The van der Waals surface area contributed by atoms with Gasteiger partial charge in [0.1, 0.15) is 6.21 Å². The summed E-state index contributed by atoms with van der Waals surface area (Å²) >= 11 is 0. The lowest BCUT2D eigenvalue weighted by atomic mass is 10.2. The number of benzene rings is 1. The molecule has 16 heavy (non-hydrogen) atoms. The van der Waals surface area contributed by atoms with Gasteiger partial charge in [0.2, 0.25) is 0 Å². The molecular formula is C11H13NO3S. The van der Waals surface area contributed by atoms with Crippen molar-refractivity contribution in [3.05, 3.63) is 29.8 Å². The zero-order valence-corrected chi connectivity index (χ0v) is 9.99. The molecule has 86 valence electrons. The molecule has 4 nitrogen and oxygen atoms in total. The van der Waals surface area contributed by atoms with Crippen LogP contribution in [0.5, 0.6) is 0 Å². The van der Waals surface area contributed by atoms with Crippen molar-refractivity contribution in [2.24, 2.45) is 4.40 Å². The number of rotatable bonds is 4. The predicted molar refractivity (Wildman–Crippen MR) is 62.7 cm³/mol. The van der Waals surface area contributed by atoms with E-state index in [1.807, 2.05) is 19.1 Å². The van der Waals surface area contributed by atoms with Crippen molar-refractivity contribution in [3.63, 3.8) is 0 Å².